The number of aromatic nitrogens is 2. The van der Waals surface area contributed by atoms with Gasteiger partial charge < -0.3 is 24.8 Å². The number of benzene rings is 2. The Morgan fingerprint density at radius 1 is 1.08 bits per heavy atom. The Morgan fingerprint density at radius 3 is 2.45 bits per heavy atom. The van der Waals surface area contributed by atoms with Crippen molar-refractivity contribution in [2.75, 3.05) is 23.9 Å². The standard InChI is InChI=1S/C29H28BrN5O2S/c1-18-16-24(19(2)34(18)22-11-7-20(30)8-12-22)28-27(25-6-4-5-15-31-25)33-29(38)35(28)23-13-9-21(10-14-23)32-26(36)17-37-3/h4-16,27-28H,17H2,1-3H3,(H,32,36)(H,33,38)/t27-,28+/m0/s1. The number of amides is 1. The molecular weight excluding hydrogens is 562 g/mol. The van der Waals surface area contributed by atoms with Crippen molar-refractivity contribution in [3.63, 3.8) is 0 Å². The largest absolute Gasteiger partial charge is 0.375 e. The number of nitrogens with zero attached hydrogens (tertiary/aromatic N) is 3. The van der Waals surface area contributed by atoms with Crippen LogP contribution in [0, 0.1) is 13.8 Å². The van der Waals surface area contributed by atoms with Gasteiger partial charge in [-0.25, -0.2) is 0 Å². The molecule has 2 aromatic carbocycles. The van der Waals surface area contributed by atoms with E-state index >= 15 is 0 Å². The zero-order valence-corrected chi connectivity index (χ0v) is 23.7. The van der Waals surface area contributed by atoms with Gasteiger partial charge in [0.05, 0.1) is 17.8 Å². The first kappa shape index (κ1) is 26.1. The minimum atomic E-state index is -0.202. The Balaban J connectivity index is 1.57. The van der Waals surface area contributed by atoms with Crippen molar-refractivity contribution in [2.45, 2.75) is 25.9 Å². The molecule has 0 radical (unpaired) electrons. The van der Waals surface area contributed by atoms with E-state index in [1.807, 2.05) is 48.7 Å². The maximum absolute atomic E-state index is 12.0. The van der Waals surface area contributed by atoms with Crippen molar-refractivity contribution in [3.8, 4) is 5.69 Å². The second-order valence-corrected chi connectivity index (χ2v) is 10.5. The molecule has 0 aliphatic carbocycles. The number of anilines is 2. The fourth-order valence-electron chi connectivity index (χ4n) is 5.06. The minimum Gasteiger partial charge on any atom is -0.375 e. The highest BCUT2D eigenvalue weighted by Gasteiger charge is 2.42. The molecule has 0 saturated carbocycles. The van der Waals surface area contributed by atoms with Gasteiger partial charge in [0.25, 0.3) is 0 Å². The van der Waals surface area contributed by atoms with Crippen LogP contribution in [0.1, 0.15) is 34.7 Å². The third-order valence-electron chi connectivity index (χ3n) is 6.68. The summed E-state index contributed by atoms with van der Waals surface area (Å²) in [5, 5.41) is 6.99. The molecule has 0 unspecified atom stereocenters. The van der Waals surface area contributed by atoms with Gasteiger partial charge in [-0.05, 0) is 98.4 Å². The van der Waals surface area contributed by atoms with Crippen molar-refractivity contribution in [2.24, 2.45) is 0 Å². The summed E-state index contributed by atoms with van der Waals surface area (Å²) in [6.45, 7) is 4.27. The highest BCUT2D eigenvalue weighted by Crippen LogP contribution is 2.44. The van der Waals surface area contributed by atoms with E-state index in [4.69, 9.17) is 17.0 Å². The summed E-state index contributed by atoms with van der Waals surface area (Å²) < 4.78 is 8.22. The fraction of sp³-hybridized carbons (Fsp3) is 0.207. The van der Waals surface area contributed by atoms with Crippen LogP contribution >= 0.6 is 28.1 Å². The minimum absolute atomic E-state index is 0.00367. The van der Waals surface area contributed by atoms with Crippen LogP contribution in [-0.2, 0) is 9.53 Å². The topological polar surface area (TPSA) is 71.4 Å². The zero-order valence-electron chi connectivity index (χ0n) is 21.3. The number of hydrogen-bond acceptors (Lipinski definition) is 4. The average molecular weight is 591 g/mol. The highest BCUT2D eigenvalue weighted by atomic mass is 79.9. The zero-order chi connectivity index (χ0) is 26.8. The Morgan fingerprint density at radius 2 is 1.79 bits per heavy atom. The van der Waals surface area contributed by atoms with Gasteiger partial charge in [0.1, 0.15) is 6.61 Å². The summed E-state index contributed by atoms with van der Waals surface area (Å²) in [5.74, 6) is -0.202. The smallest absolute Gasteiger partial charge is 0.250 e. The van der Waals surface area contributed by atoms with Crippen LogP contribution in [0.2, 0.25) is 0 Å². The molecule has 0 spiro atoms. The predicted molar refractivity (Wildman–Crippen MR) is 158 cm³/mol. The monoisotopic (exact) mass is 589 g/mol. The van der Waals surface area contributed by atoms with E-state index in [1.165, 1.54) is 7.11 Å². The molecule has 1 fully saturated rings. The lowest BCUT2D eigenvalue weighted by molar-refractivity contribution is -0.119. The molecule has 9 heteroatoms. The van der Waals surface area contributed by atoms with Crippen LogP contribution < -0.4 is 15.5 Å². The molecule has 3 heterocycles. The molecule has 2 atom stereocenters. The molecule has 5 rings (SSSR count). The summed E-state index contributed by atoms with van der Waals surface area (Å²) in [4.78, 5) is 18.8. The third kappa shape index (κ3) is 5.09. The number of thiocarbonyl (C=S) groups is 1. The van der Waals surface area contributed by atoms with Gasteiger partial charge in [-0.3, -0.25) is 9.78 Å². The molecule has 2 aromatic heterocycles. The van der Waals surface area contributed by atoms with Crippen molar-refractivity contribution in [3.05, 3.63) is 106 Å². The molecule has 2 N–H and O–H groups in total. The van der Waals surface area contributed by atoms with Gasteiger partial charge in [0.15, 0.2) is 5.11 Å². The quantitative estimate of drug-likeness (QED) is 0.257. The lowest BCUT2D eigenvalue weighted by Gasteiger charge is -2.28. The normalized spacial score (nSPS) is 16.9. The number of carbonyl (C=O) groups is 1. The highest BCUT2D eigenvalue weighted by molar-refractivity contribution is 9.10. The summed E-state index contributed by atoms with van der Waals surface area (Å²) in [6.07, 6.45) is 1.81. The number of nitrogens with one attached hydrogen (secondary N) is 2. The lowest BCUT2D eigenvalue weighted by Crippen LogP contribution is -2.29. The van der Waals surface area contributed by atoms with Crippen LogP contribution in [0.4, 0.5) is 11.4 Å². The molecule has 1 amide bonds. The number of ether oxygens (including phenoxy) is 1. The van der Waals surface area contributed by atoms with E-state index in [1.54, 1.807) is 0 Å². The SMILES string of the molecule is COCC(=O)Nc1ccc(N2C(=S)N[C@@H](c3ccccn3)[C@H]2c2cc(C)n(-c3ccc(Br)cc3)c2C)cc1. The Hall–Kier alpha value is -3.53. The Bertz CT molecular complexity index is 1460. The van der Waals surface area contributed by atoms with Crippen molar-refractivity contribution in [1.82, 2.24) is 14.9 Å². The van der Waals surface area contributed by atoms with E-state index in [2.05, 4.69) is 85.2 Å². The summed E-state index contributed by atoms with van der Waals surface area (Å²) in [5.41, 5.74) is 7.05. The first-order valence-electron chi connectivity index (χ1n) is 12.2. The molecule has 1 aliphatic heterocycles. The van der Waals surface area contributed by atoms with Gasteiger partial charge in [-0.1, -0.05) is 22.0 Å². The number of rotatable bonds is 7. The number of pyridine rings is 1. The molecule has 1 saturated heterocycles. The van der Waals surface area contributed by atoms with Crippen LogP contribution in [0.15, 0.2) is 83.5 Å². The summed E-state index contributed by atoms with van der Waals surface area (Å²) in [6, 6.07) is 23.9. The average Bonchev–Trinajstić information content (AvgIpc) is 3.41. The van der Waals surface area contributed by atoms with Gasteiger partial charge in [-0.2, -0.15) is 0 Å². The molecule has 4 aromatic rings. The number of methoxy groups -OCH3 is 1. The third-order valence-corrected chi connectivity index (χ3v) is 7.52. The molecule has 194 valence electrons. The van der Waals surface area contributed by atoms with Crippen LogP contribution in [-0.4, -0.2) is 34.3 Å². The van der Waals surface area contributed by atoms with E-state index in [0.29, 0.717) is 10.8 Å². The second kappa shape index (κ2) is 11.1. The van der Waals surface area contributed by atoms with Gasteiger partial charge in [0, 0.05) is 46.2 Å². The van der Waals surface area contributed by atoms with Gasteiger partial charge >= 0.3 is 0 Å². The van der Waals surface area contributed by atoms with E-state index < -0.39 is 0 Å². The number of halogens is 1. The summed E-state index contributed by atoms with van der Waals surface area (Å²) >= 11 is 9.43. The van der Waals surface area contributed by atoms with E-state index in [9.17, 15) is 4.79 Å². The van der Waals surface area contributed by atoms with Gasteiger partial charge in [-0.15, -0.1) is 0 Å². The van der Waals surface area contributed by atoms with Crippen molar-refractivity contribution in [1.29, 1.82) is 0 Å². The number of hydrogen-bond donors (Lipinski definition) is 2. The second-order valence-electron chi connectivity index (χ2n) is 9.16. The van der Waals surface area contributed by atoms with E-state index in [0.717, 1.165) is 38.5 Å². The van der Waals surface area contributed by atoms with Crippen LogP contribution in [0.3, 0.4) is 0 Å². The summed E-state index contributed by atoms with van der Waals surface area (Å²) in [7, 11) is 1.50. The first-order valence-corrected chi connectivity index (χ1v) is 13.4. The number of aryl methyl sites for hydroxylation is 1. The maximum Gasteiger partial charge on any atom is 0.250 e. The van der Waals surface area contributed by atoms with E-state index in [-0.39, 0.29) is 24.6 Å². The van der Waals surface area contributed by atoms with Crippen molar-refractivity contribution < 1.29 is 9.53 Å². The molecular formula is C29H28BrN5O2S. The first-order chi connectivity index (χ1) is 18.4. The molecule has 7 nitrogen and oxygen atoms in total. The van der Waals surface area contributed by atoms with Crippen LogP contribution in [0.5, 0.6) is 0 Å². The Labute approximate surface area is 236 Å². The fourth-order valence-corrected chi connectivity index (χ4v) is 5.67. The van der Waals surface area contributed by atoms with Gasteiger partial charge in [0.2, 0.25) is 5.91 Å². The van der Waals surface area contributed by atoms with Crippen LogP contribution in [0.25, 0.3) is 5.69 Å². The number of carbonyl (C=O) groups excluding carboxylic acids is 1. The maximum atomic E-state index is 12.0. The molecule has 1 aliphatic rings. The molecule has 38 heavy (non-hydrogen) atoms. The molecule has 0 bridgehead atoms. The predicted octanol–water partition coefficient (Wildman–Crippen LogP) is 6.01. The lowest BCUT2D eigenvalue weighted by atomic mass is 9.96. The Kier molecular flexibility index (Phi) is 7.60. The van der Waals surface area contributed by atoms with Crippen molar-refractivity contribution >= 4 is 50.5 Å².